The lowest BCUT2D eigenvalue weighted by atomic mass is 9.93. The van der Waals surface area contributed by atoms with Crippen molar-refractivity contribution < 1.29 is 0 Å². The third-order valence-corrected chi connectivity index (χ3v) is 4.35. The van der Waals surface area contributed by atoms with E-state index in [0.717, 1.165) is 23.9 Å². The molecule has 1 aromatic heterocycles. The van der Waals surface area contributed by atoms with Crippen LogP contribution in [-0.2, 0) is 6.54 Å². The quantitative estimate of drug-likeness (QED) is 0.928. The Morgan fingerprint density at radius 3 is 2.88 bits per heavy atom. The van der Waals surface area contributed by atoms with Crippen molar-refractivity contribution in [2.45, 2.75) is 51.6 Å². The van der Waals surface area contributed by atoms with E-state index in [1.807, 2.05) is 6.20 Å². The highest BCUT2D eigenvalue weighted by Gasteiger charge is 2.34. The molecule has 90 valence electrons. The van der Waals surface area contributed by atoms with Crippen molar-refractivity contribution in [2.75, 3.05) is 0 Å². The minimum atomic E-state index is 0.349. The van der Waals surface area contributed by atoms with Gasteiger partial charge in [-0.05, 0) is 41.1 Å². The molecular formula is C12H20BrN3. The summed E-state index contributed by atoms with van der Waals surface area (Å²) >= 11 is 3.62. The van der Waals surface area contributed by atoms with Gasteiger partial charge in [0.2, 0.25) is 0 Å². The fourth-order valence-electron chi connectivity index (χ4n) is 2.71. The Hall–Kier alpha value is -0.350. The molecule has 1 saturated carbocycles. The second-order valence-corrected chi connectivity index (χ2v) is 5.66. The van der Waals surface area contributed by atoms with Gasteiger partial charge in [-0.3, -0.25) is 4.68 Å². The summed E-state index contributed by atoms with van der Waals surface area (Å²) < 4.78 is 3.29. The zero-order valence-electron chi connectivity index (χ0n) is 9.99. The maximum atomic E-state index is 6.10. The highest BCUT2D eigenvalue weighted by molar-refractivity contribution is 9.10. The Balaban J connectivity index is 2.28. The molecule has 1 aliphatic carbocycles. The van der Waals surface area contributed by atoms with Crippen molar-refractivity contribution in [1.29, 1.82) is 0 Å². The highest BCUT2D eigenvalue weighted by atomic mass is 79.9. The maximum absolute atomic E-state index is 6.10. The van der Waals surface area contributed by atoms with Gasteiger partial charge in [-0.1, -0.05) is 13.8 Å². The first-order valence-corrected chi connectivity index (χ1v) is 6.91. The van der Waals surface area contributed by atoms with E-state index < -0.39 is 0 Å². The smallest absolute Gasteiger partial charge is 0.0635 e. The van der Waals surface area contributed by atoms with E-state index >= 15 is 0 Å². The molecule has 1 heterocycles. The van der Waals surface area contributed by atoms with Crippen molar-refractivity contribution >= 4 is 15.9 Å². The number of hydrogen-bond acceptors (Lipinski definition) is 2. The van der Waals surface area contributed by atoms with Gasteiger partial charge in [0.05, 0.1) is 16.4 Å². The summed E-state index contributed by atoms with van der Waals surface area (Å²) in [7, 11) is 0. The summed E-state index contributed by atoms with van der Waals surface area (Å²) in [6, 6.07) is 0.349. The largest absolute Gasteiger partial charge is 0.327 e. The van der Waals surface area contributed by atoms with Crippen molar-refractivity contribution in [3.8, 4) is 0 Å². The number of aryl methyl sites for hydroxylation is 1. The van der Waals surface area contributed by atoms with Gasteiger partial charge >= 0.3 is 0 Å². The molecule has 1 fully saturated rings. The summed E-state index contributed by atoms with van der Waals surface area (Å²) in [6.45, 7) is 5.45. The van der Waals surface area contributed by atoms with Gasteiger partial charge < -0.3 is 5.73 Å². The number of nitrogens with two attached hydrogens (primary N) is 1. The normalized spacial score (nSPS) is 29.9. The molecule has 3 unspecified atom stereocenters. The van der Waals surface area contributed by atoms with E-state index in [9.17, 15) is 0 Å². The lowest BCUT2D eigenvalue weighted by Gasteiger charge is -2.20. The Bertz CT molecular complexity index is 361. The molecule has 3 atom stereocenters. The fourth-order valence-corrected chi connectivity index (χ4v) is 3.30. The first kappa shape index (κ1) is 12.1. The number of rotatable bonds is 3. The number of hydrogen-bond donors (Lipinski definition) is 1. The predicted octanol–water partition coefficient (Wildman–Crippen LogP) is 2.90. The van der Waals surface area contributed by atoms with Crippen molar-refractivity contribution in [2.24, 2.45) is 11.7 Å². The van der Waals surface area contributed by atoms with Crippen molar-refractivity contribution in [3.05, 3.63) is 16.4 Å². The van der Waals surface area contributed by atoms with Gasteiger partial charge in [-0.25, -0.2) is 0 Å². The Morgan fingerprint density at radius 2 is 2.31 bits per heavy atom. The average molecular weight is 286 g/mol. The Morgan fingerprint density at radius 1 is 1.56 bits per heavy atom. The van der Waals surface area contributed by atoms with Crippen LogP contribution in [0, 0.1) is 5.92 Å². The molecule has 16 heavy (non-hydrogen) atoms. The summed E-state index contributed by atoms with van der Waals surface area (Å²) in [5, 5.41) is 4.44. The second-order valence-electron chi connectivity index (χ2n) is 4.81. The van der Waals surface area contributed by atoms with E-state index in [-0.39, 0.29) is 0 Å². The zero-order valence-corrected chi connectivity index (χ0v) is 11.6. The van der Waals surface area contributed by atoms with Crippen LogP contribution in [0.15, 0.2) is 10.7 Å². The zero-order chi connectivity index (χ0) is 11.7. The molecule has 0 radical (unpaired) electrons. The molecule has 0 bridgehead atoms. The van der Waals surface area contributed by atoms with E-state index in [0.29, 0.717) is 17.9 Å². The van der Waals surface area contributed by atoms with Gasteiger partial charge in [0.15, 0.2) is 0 Å². The van der Waals surface area contributed by atoms with Crippen LogP contribution in [0.25, 0.3) is 0 Å². The van der Waals surface area contributed by atoms with E-state index in [2.05, 4.69) is 39.6 Å². The molecule has 3 nitrogen and oxygen atoms in total. The van der Waals surface area contributed by atoms with E-state index in [1.165, 1.54) is 12.1 Å². The molecule has 2 rings (SSSR count). The van der Waals surface area contributed by atoms with Crippen LogP contribution in [-0.4, -0.2) is 15.8 Å². The SMILES string of the molecule is CCCn1ncc(Br)c1C1CCC(N)C1C. The van der Waals surface area contributed by atoms with E-state index in [4.69, 9.17) is 5.73 Å². The number of nitrogens with zero attached hydrogens (tertiary/aromatic N) is 2. The van der Waals surface area contributed by atoms with Crippen LogP contribution < -0.4 is 5.73 Å². The number of aromatic nitrogens is 2. The predicted molar refractivity (Wildman–Crippen MR) is 69.3 cm³/mol. The molecule has 0 saturated heterocycles. The Labute approximate surface area is 106 Å². The van der Waals surface area contributed by atoms with Crippen LogP contribution in [0.4, 0.5) is 0 Å². The second kappa shape index (κ2) is 4.88. The Kier molecular flexibility index (Phi) is 3.70. The number of halogens is 1. The van der Waals surface area contributed by atoms with Crippen LogP contribution in [0.1, 0.15) is 44.7 Å². The van der Waals surface area contributed by atoms with Gasteiger partial charge in [0.1, 0.15) is 0 Å². The summed E-state index contributed by atoms with van der Waals surface area (Å²) in [4.78, 5) is 0. The molecule has 1 aliphatic rings. The minimum absolute atomic E-state index is 0.349. The topological polar surface area (TPSA) is 43.8 Å². The maximum Gasteiger partial charge on any atom is 0.0635 e. The first-order chi connectivity index (χ1) is 7.65. The van der Waals surface area contributed by atoms with Crippen molar-refractivity contribution in [1.82, 2.24) is 9.78 Å². The average Bonchev–Trinajstić information content (AvgIpc) is 2.75. The monoisotopic (exact) mass is 285 g/mol. The molecule has 0 spiro atoms. The van der Waals surface area contributed by atoms with Crippen molar-refractivity contribution in [3.63, 3.8) is 0 Å². The lowest BCUT2D eigenvalue weighted by molar-refractivity contribution is 0.443. The molecule has 0 aromatic carbocycles. The summed E-state index contributed by atoms with van der Waals surface area (Å²) in [5.41, 5.74) is 7.45. The van der Waals surface area contributed by atoms with Gasteiger partial charge in [-0.15, -0.1) is 0 Å². The van der Waals surface area contributed by atoms with E-state index in [1.54, 1.807) is 0 Å². The fraction of sp³-hybridized carbons (Fsp3) is 0.750. The summed E-state index contributed by atoms with van der Waals surface area (Å²) in [5.74, 6) is 1.13. The van der Waals surface area contributed by atoms with Crippen LogP contribution in [0.2, 0.25) is 0 Å². The van der Waals surface area contributed by atoms with Crippen LogP contribution >= 0.6 is 15.9 Å². The molecule has 0 aliphatic heterocycles. The molecule has 2 N–H and O–H groups in total. The summed E-state index contributed by atoms with van der Waals surface area (Å²) in [6.07, 6.45) is 5.36. The first-order valence-electron chi connectivity index (χ1n) is 6.12. The molecule has 1 aromatic rings. The minimum Gasteiger partial charge on any atom is -0.327 e. The third kappa shape index (κ3) is 2.05. The molecular weight excluding hydrogens is 266 g/mol. The molecule has 0 amide bonds. The molecule has 4 heteroatoms. The van der Waals surface area contributed by atoms with Crippen LogP contribution in [0.5, 0.6) is 0 Å². The lowest BCUT2D eigenvalue weighted by Crippen LogP contribution is -2.25. The van der Waals surface area contributed by atoms with Gasteiger partial charge in [-0.2, -0.15) is 5.10 Å². The third-order valence-electron chi connectivity index (χ3n) is 3.74. The van der Waals surface area contributed by atoms with Gasteiger partial charge in [0.25, 0.3) is 0 Å². The highest BCUT2D eigenvalue weighted by Crippen LogP contribution is 2.41. The van der Waals surface area contributed by atoms with Crippen LogP contribution in [0.3, 0.4) is 0 Å². The standard InChI is InChI=1S/C12H20BrN3/c1-3-6-16-12(10(13)7-15-16)9-4-5-11(14)8(9)2/h7-9,11H,3-6,14H2,1-2H3. The van der Waals surface area contributed by atoms with Gasteiger partial charge in [0, 0.05) is 18.5 Å².